The van der Waals surface area contributed by atoms with Crippen LogP contribution in [0.15, 0.2) is 33.3 Å². The molecule has 0 atom stereocenters. The highest BCUT2D eigenvalue weighted by Crippen LogP contribution is 2.36. The van der Waals surface area contributed by atoms with Crippen molar-refractivity contribution in [2.75, 3.05) is 5.43 Å². The van der Waals surface area contributed by atoms with Crippen LogP contribution in [-0.4, -0.2) is 13.3 Å². The average molecular weight is 318 g/mol. The van der Waals surface area contributed by atoms with E-state index >= 15 is 0 Å². The highest BCUT2D eigenvalue weighted by molar-refractivity contribution is 7.91. The monoisotopic (exact) mass is 318 g/mol. The number of sulfonamides is 1. The summed E-state index contributed by atoms with van der Waals surface area (Å²) in [6, 6.07) is 2.56. The van der Waals surface area contributed by atoms with E-state index in [-0.39, 0.29) is 21.4 Å². The van der Waals surface area contributed by atoms with Crippen molar-refractivity contribution in [3.63, 3.8) is 0 Å². The molecule has 9 nitrogen and oxygen atoms in total. The minimum absolute atomic E-state index is 0.0237. The lowest BCUT2D eigenvalue weighted by atomic mass is 10.4. The third kappa shape index (κ3) is 2.96. The predicted molar refractivity (Wildman–Crippen MR) is 71.5 cm³/mol. The van der Waals surface area contributed by atoms with Gasteiger partial charge in [-0.2, -0.15) is 0 Å². The van der Waals surface area contributed by atoms with Crippen LogP contribution in [0.3, 0.4) is 0 Å². The summed E-state index contributed by atoms with van der Waals surface area (Å²) >= 11 is 0.680. The van der Waals surface area contributed by atoms with Gasteiger partial charge in [-0.3, -0.25) is 10.1 Å². The standard InChI is InChI=1S/C9H10N4O5S2/c10-12-9-7(13(14)15)3-8(19-9)20(16,17)11-4-6-1-2-18-5-6/h1-3,5,11-12H,4,10H2. The van der Waals surface area contributed by atoms with Crippen molar-refractivity contribution in [2.45, 2.75) is 10.8 Å². The van der Waals surface area contributed by atoms with Gasteiger partial charge in [-0.05, 0) is 6.07 Å². The van der Waals surface area contributed by atoms with Gasteiger partial charge in [-0.25, -0.2) is 19.0 Å². The Hall–Kier alpha value is -1.95. The van der Waals surface area contributed by atoms with E-state index in [0.29, 0.717) is 16.9 Å². The number of thiophene rings is 1. The molecule has 0 aliphatic rings. The van der Waals surface area contributed by atoms with Gasteiger partial charge in [0.05, 0.1) is 17.4 Å². The van der Waals surface area contributed by atoms with Crippen molar-refractivity contribution in [3.8, 4) is 0 Å². The first-order valence-corrected chi connectivity index (χ1v) is 7.49. The maximum Gasteiger partial charge on any atom is 0.306 e. The van der Waals surface area contributed by atoms with Gasteiger partial charge in [0.15, 0.2) is 5.00 Å². The Labute approximate surface area is 117 Å². The lowest BCUT2D eigenvalue weighted by Crippen LogP contribution is -2.22. The number of nitrogens with one attached hydrogen (secondary N) is 2. The van der Waals surface area contributed by atoms with Crippen molar-refractivity contribution >= 4 is 32.0 Å². The molecule has 2 heterocycles. The van der Waals surface area contributed by atoms with Crippen LogP contribution in [0, 0.1) is 10.1 Å². The van der Waals surface area contributed by atoms with Crippen LogP contribution in [-0.2, 0) is 16.6 Å². The van der Waals surface area contributed by atoms with Crippen molar-refractivity contribution in [1.82, 2.24) is 4.72 Å². The van der Waals surface area contributed by atoms with Gasteiger partial charge in [0.1, 0.15) is 4.21 Å². The number of hydrogen-bond acceptors (Lipinski definition) is 8. The van der Waals surface area contributed by atoms with Crippen LogP contribution in [0.25, 0.3) is 0 Å². The van der Waals surface area contributed by atoms with E-state index in [9.17, 15) is 18.5 Å². The summed E-state index contributed by atoms with van der Waals surface area (Å²) in [4.78, 5) is 10.0. The fourth-order valence-corrected chi connectivity index (χ4v) is 3.67. The Morgan fingerprint density at radius 3 is 2.75 bits per heavy atom. The molecule has 11 heteroatoms. The molecule has 0 aliphatic heterocycles. The van der Waals surface area contributed by atoms with Crippen molar-refractivity contribution in [3.05, 3.63) is 40.3 Å². The van der Waals surface area contributed by atoms with Crippen molar-refractivity contribution in [1.29, 1.82) is 0 Å². The average Bonchev–Trinajstić information content (AvgIpc) is 3.05. The fraction of sp³-hybridized carbons (Fsp3) is 0.111. The molecule has 0 saturated heterocycles. The molecule has 0 bridgehead atoms. The number of rotatable bonds is 6. The smallest absolute Gasteiger partial charge is 0.306 e. The number of hydrazine groups is 1. The zero-order chi connectivity index (χ0) is 14.8. The molecule has 4 N–H and O–H groups in total. The van der Waals surface area contributed by atoms with Crippen LogP contribution in [0.2, 0.25) is 0 Å². The van der Waals surface area contributed by atoms with E-state index in [2.05, 4.69) is 10.1 Å². The lowest BCUT2D eigenvalue weighted by molar-refractivity contribution is -0.383. The summed E-state index contributed by atoms with van der Waals surface area (Å²) in [6.07, 6.45) is 2.81. The molecule has 0 fully saturated rings. The Balaban J connectivity index is 2.23. The molecule has 0 spiro atoms. The first-order chi connectivity index (χ1) is 9.44. The predicted octanol–water partition coefficient (Wildman–Crippen LogP) is 1.01. The summed E-state index contributed by atoms with van der Waals surface area (Å²) in [5.74, 6) is 5.12. The van der Waals surface area contributed by atoms with Crippen LogP contribution < -0.4 is 16.0 Å². The Morgan fingerprint density at radius 1 is 1.50 bits per heavy atom. The molecule has 0 saturated carbocycles. The Morgan fingerprint density at radius 2 is 2.25 bits per heavy atom. The van der Waals surface area contributed by atoms with Crippen molar-refractivity contribution in [2.24, 2.45) is 5.84 Å². The van der Waals surface area contributed by atoms with Gasteiger partial charge in [0.25, 0.3) is 10.0 Å². The molecule has 0 unspecified atom stereocenters. The number of nitro groups is 1. The number of nitrogens with two attached hydrogens (primary N) is 1. The summed E-state index contributed by atoms with van der Waals surface area (Å²) in [7, 11) is -3.85. The maximum absolute atomic E-state index is 12.0. The molecule has 0 aromatic carbocycles. The van der Waals surface area contributed by atoms with Gasteiger partial charge >= 0.3 is 5.69 Å². The van der Waals surface area contributed by atoms with E-state index in [1.165, 1.54) is 12.5 Å². The minimum atomic E-state index is -3.85. The van der Waals surface area contributed by atoms with Crippen LogP contribution in [0.4, 0.5) is 10.7 Å². The normalized spacial score (nSPS) is 11.4. The largest absolute Gasteiger partial charge is 0.472 e. The summed E-state index contributed by atoms with van der Waals surface area (Å²) in [5.41, 5.74) is 2.36. The van der Waals surface area contributed by atoms with E-state index in [1.807, 2.05) is 0 Å². The number of nitrogen functional groups attached to an aromatic ring is 1. The second-order valence-corrected chi connectivity index (χ2v) is 6.68. The summed E-state index contributed by atoms with van der Waals surface area (Å²) in [5, 5.41) is 10.7. The van der Waals surface area contributed by atoms with E-state index in [4.69, 9.17) is 10.3 Å². The zero-order valence-electron chi connectivity index (χ0n) is 9.90. The van der Waals surface area contributed by atoms with Gasteiger partial charge in [0, 0.05) is 18.2 Å². The molecule has 108 valence electrons. The van der Waals surface area contributed by atoms with Crippen LogP contribution in [0.5, 0.6) is 0 Å². The number of furan rings is 1. The van der Waals surface area contributed by atoms with E-state index in [1.54, 1.807) is 6.07 Å². The number of anilines is 1. The second-order valence-electron chi connectivity index (χ2n) is 3.64. The molecule has 0 amide bonds. The van der Waals surface area contributed by atoms with Crippen molar-refractivity contribution < 1.29 is 17.8 Å². The molecular weight excluding hydrogens is 308 g/mol. The van der Waals surface area contributed by atoms with E-state index < -0.39 is 14.9 Å². The summed E-state index contributed by atoms with van der Waals surface area (Å²) < 4.78 is 30.9. The molecule has 2 aromatic heterocycles. The van der Waals surface area contributed by atoms with Gasteiger partial charge < -0.3 is 9.84 Å². The quantitative estimate of drug-likeness (QED) is 0.410. The SMILES string of the molecule is NNc1sc(S(=O)(=O)NCc2ccoc2)cc1[N+](=O)[O-]. The second kappa shape index (κ2) is 5.58. The molecule has 0 radical (unpaired) electrons. The molecular formula is C9H10N4O5S2. The molecule has 2 rings (SSSR count). The topological polar surface area (TPSA) is 140 Å². The maximum atomic E-state index is 12.0. The molecule has 20 heavy (non-hydrogen) atoms. The van der Waals surface area contributed by atoms with Gasteiger partial charge in [0.2, 0.25) is 0 Å². The minimum Gasteiger partial charge on any atom is -0.472 e. The summed E-state index contributed by atoms with van der Waals surface area (Å²) in [6.45, 7) is 0.0237. The van der Waals surface area contributed by atoms with Crippen LogP contribution in [0.1, 0.15) is 5.56 Å². The Bertz CT molecular complexity index is 707. The first kappa shape index (κ1) is 14.5. The first-order valence-electron chi connectivity index (χ1n) is 5.19. The third-order valence-electron chi connectivity index (χ3n) is 2.33. The fourth-order valence-electron chi connectivity index (χ4n) is 1.37. The van der Waals surface area contributed by atoms with Crippen LogP contribution >= 0.6 is 11.3 Å². The van der Waals surface area contributed by atoms with Gasteiger partial charge in [-0.1, -0.05) is 11.3 Å². The number of hydrogen-bond donors (Lipinski definition) is 3. The Kier molecular flexibility index (Phi) is 4.04. The van der Waals surface area contributed by atoms with E-state index in [0.717, 1.165) is 6.07 Å². The number of nitrogens with zero attached hydrogens (tertiary/aromatic N) is 1. The zero-order valence-corrected chi connectivity index (χ0v) is 11.5. The highest BCUT2D eigenvalue weighted by Gasteiger charge is 2.25. The molecule has 0 aliphatic carbocycles. The highest BCUT2D eigenvalue weighted by atomic mass is 32.2. The van der Waals surface area contributed by atoms with Gasteiger partial charge in [-0.15, -0.1) is 0 Å². The molecule has 2 aromatic rings. The third-order valence-corrected chi connectivity index (χ3v) is 5.26. The lowest BCUT2D eigenvalue weighted by Gasteiger charge is -2.01.